The molecule has 0 spiro atoms. The molecule has 5 heteroatoms. The minimum absolute atomic E-state index is 0.00721. The molecule has 0 saturated carbocycles. The Bertz CT molecular complexity index is 593. The number of esters is 1. The molecule has 3 rings (SSSR count). The number of amides is 1. The third-order valence-electron chi connectivity index (χ3n) is 4.17. The quantitative estimate of drug-likeness (QED) is 0.804. The molecule has 3 atom stereocenters. The van der Waals surface area contributed by atoms with Crippen LogP contribution >= 0.6 is 0 Å². The molecule has 2 aliphatic rings. The van der Waals surface area contributed by atoms with E-state index in [2.05, 4.69) is 0 Å². The second kappa shape index (κ2) is 5.96. The van der Waals surface area contributed by atoms with Gasteiger partial charge in [-0.15, -0.1) is 0 Å². The molecule has 1 amide bonds. The van der Waals surface area contributed by atoms with Crippen molar-refractivity contribution in [1.82, 2.24) is 4.90 Å². The van der Waals surface area contributed by atoms with Gasteiger partial charge in [0.1, 0.15) is 5.60 Å². The number of benzene rings is 1. The number of hydrogen-bond acceptors (Lipinski definition) is 4. The Hall–Kier alpha value is -1.88. The molecule has 2 fully saturated rings. The summed E-state index contributed by atoms with van der Waals surface area (Å²) < 4.78 is 11.1. The molecule has 0 radical (unpaired) electrons. The molecule has 2 aliphatic heterocycles. The fourth-order valence-electron chi connectivity index (χ4n) is 3.30. The zero-order chi connectivity index (χ0) is 16.6. The molecule has 124 valence electrons. The lowest BCUT2D eigenvalue weighted by molar-refractivity contribution is -0.158. The maximum absolute atomic E-state index is 12.7. The smallest absolute Gasteiger partial charge is 0.307 e. The average Bonchev–Trinajstić information content (AvgIpc) is 3.00. The summed E-state index contributed by atoms with van der Waals surface area (Å²) in [6.07, 6.45) is 0.462. The SMILES string of the molecule is CC(C)(C)OC(=O)C[C@H]1C[C@H]2CO[C@H](c3ccccc3)N2C1=O. The van der Waals surface area contributed by atoms with Gasteiger partial charge in [-0.1, -0.05) is 30.3 Å². The minimum Gasteiger partial charge on any atom is -0.460 e. The van der Waals surface area contributed by atoms with Crippen molar-refractivity contribution in [1.29, 1.82) is 0 Å². The Morgan fingerprint density at radius 1 is 1.30 bits per heavy atom. The molecule has 0 unspecified atom stereocenters. The molecule has 2 saturated heterocycles. The molecule has 1 aromatic carbocycles. The van der Waals surface area contributed by atoms with Crippen molar-refractivity contribution >= 4 is 11.9 Å². The Balaban J connectivity index is 1.68. The largest absolute Gasteiger partial charge is 0.460 e. The van der Waals surface area contributed by atoms with Crippen LogP contribution in [0.4, 0.5) is 0 Å². The number of carbonyl (C=O) groups is 2. The zero-order valence-electron chi connectivity index (χ0n) is 13.8. The van der Waals surface area contributed by atoms with Crippen LogP contribution in [0.5, 0.6) is 0 Å². The summed E-state index contributed by atoms with van der Waals surface area (Å²) in [6.45, 7) is 6.02. The van der Waals surface area contributed by atoms with Crippen LogP contribution in [-0.2, 0) is 19.1 Å². The first-order valence-electron chi connectivity index (χ1n) is 8.06. The summed E-state index contributed by atoms with van der Waals surface area (Å²) in [5, 5.41) is 0. The van der Waals surface area contributed by atoms with Crippen molar-refractivity contribution in [2.45, 2.75) is 51.5 Å². The third kappa shape index (κ3) is 3.39. The molecule has 0 N–H and O–H groups in total. The van der Waals surface area contributed by atoms with E-state index in [4.69, 9.17) is 9.47 Å². The minimum atomic E-state index is -0.523. The predicted octanol–water partition coefficient (Wildman–Crippen LogP) is 2.66. The van der Waals surface area contributed by atoms with E-state index in [-0.39, 0.29) is 36.5 Å². The molecule has 2 heterocycles. The van der Waals surface area contributed by atoms with Gasteiger partial charge in [0.15, 0.2) is 6.23 Å². The predicted molar refractivity (Wildman–Crippen MR) is 84.3 cm³/mol. The van der Waals surface area contributed by atoms with Gasteiger partial charge in [-0.2, -0.15) is 0 Å². The van der Waals surface area contributed by atoms with Crippen molar-refractivity contribution in [2.24, 2.45) is 5.92 Å². The highest BCUT2D eigenvalue weighted by atomic mass is 16.6. The first-order chi connectivity index (χ1) is 10.8. The van der Waals surface area contributed by atoms with E-state index < -0.39 is 5.60 Å². The van der Waals surface area contributed by atoms with Crippen LogP contribution in [0.2, 0.25) is 0 Å². The molecule has 5 nitrogen and oxygen atoms in total. The first kappa shape index (κ1) is 16.0. The van der Waals surface area contributed by atoms with Gasteiger partial charge >= 0.3 is 5.97 Å². The number of fused-ring (bicyclic) bond motifs is 1. The lowest BCUT2D eigenvalue weighted by Gasteiger charge is -2.23. The van der Waals surface area contributed by atoms with Gasteiger partial charge in [0.05, 0.1) is 25.0 Å². The summed E-state index contributed by atoms with van der Waals surface area (Å²) >= 11 is 0. The normalized spacial score (nSPS) is 27.2. The maximum Gasteiger partial charge on any atom is 0.307 e. The second-order valence-corrected chi connectivity index (χ2v) is 7.22. The fraction of sp³-hybridized carbons (Fsp3) is 0.556. The lowest BCUT2D eigenvalue weighted by Crippen LogP contribution is -2.33. The van der Waals surface area contributed by atoms with Crippen molar-refractivity contribution in [2.75, 3.05) is 6.61 Å². The fourth-order valence-corrected chi connectivity index (χ4v) is 3.30. The van der Waals surface area contributed by atoms with Crippen LogP contribution in [0.15, 0.2) is 30.3 Å². The number of nitrogens with zero attached hydrogens (tertiary/aromatic N) is 1. The van der Waals surface area contributed by atoms with Gasteiger partial charge < -0.3 is 14.4 Å². The van der Waals surface area contributed by atoms with E-state index >= 15 is 0 Å². The molecule has 0 bridgehead atoms. The van der Waals surface area contributed by atoms with Gasteiger partial charge in [0, 0.05) is 5.56 Å². The monoisotopic (exact) mass is 317 g/mol. The molecule has 0 aliphatic carbocycles. The first-order valence-corrected chi connectivity index (χ1v) is 8.06. The van der Waals surface area contributed by atoms with E-state index in [1.165, 1.54) is 0 Å². The van der Waals surface area contributed by atoms with Crippen LogP contribution in [0.3, 0.4) is 0 Å². The number of rotatable bonds is 3. The van der Waals surface area contributed by atoms with Crippen LogP contribution in [0.1, 0.15) is 45.4 Å². The van der Waals surface area contributed by atoms with Crippen molar-refractivity contribution in [3.8, 4) is 0 Å². The lowest BCUT2D eigenvalue weighted by atomic mass is 10.0. The summed E-state index contributed by atoms with van der Waals surface area (Å²) in [6, 6.07) is 9.78. The highest BCUT2D eigenvalue weighted by Crippen LogP contribution is 2.40. The molecular formula is C18H23NO4. The van der Waals surface area contributed by atoms with E-state index in [9.17, 15) is 9.59 Å². The van der Waals surface area contributed by atoms with E-state index in [1.54, 1.807) is 4.90 Å². The van der Waals surface area contributed by atoms with Gasteiger partial charge in [-0.25, -0.2) is 0 Å². The Morgan fingerprint density at radius 2 is 2.00 bits per heavy atom. The third-order valence-corrected chi connectivity index (χ3v) is 4.17. The Labute approximate surface area is 136 Å². The topological polar surface area (TPSA) is 55.8 Å². The van der Waals surface area contributed by atoms with Crippen LogP contribution in [-0.4, -0.2) is 35.0 Å². The average molecular weight is 317 g/mol. The van der Waals surface area contributed by atoms with E-state index in [1.807, 2.05) is 51.1 Å². The van der Waals surface area contributed by atoms with Gasteiger partial charge in [0.2, 0.25) is 5.91 Å². The standard InChI is InChI=1S/C18H23NO4/c1-18(2,3)23-15(20)10-13-9-14-11-22-17(19(14)16(13)21)12-7-5-4-6-8-12/h4-8,13-14,17H,9-11H2,1-3H3/t13-,14+,17-/m1/s1. The molecule has 0 aromatic heterocycles. The highest BCUT2D eigenvalue weighted by Gasteiger charge is 2.48. The zero-order valence-corrected chi connectivity index (χ0v) is 13.8. The van der Waals surface area contributed by atoms with Gasteiger partial charge in [-0.3, -0.25) is 9.59 Å². The summed E-state index contributed by atoms with van der Waals surface area (Å²) in [4.78, 5) is 26.5. The molecule has 1 aromatic rings. The van der Waals surface area contributed by atoms with Crippen LogP contribution in [0.25, 0.3) is 0 Å². The maximum atomic E-state index is 12.7. The second-order valence-electron chi connectivity index (χ2n) is 7.22. The number of carbonyl (C=O) groups excluding carboxylic acids is 2. The van der Waals surface area contributed by atoms with Crippen LogP contribution in [0, 0.1) is 5.92 Å². The van der Waals surface area contributed by atoms with Crippen molar-refractivity contribution in [3.05, 3.63) is 35.9 Å². The summed E-state index contributed by atoms with van der Waals surface area (Å²) in [5.41, 5.74) is 0.450. The van der Waals surface area contributed by atoms with Crippen molar-refractivity contribution < 1.29 is 19.1 Å². The molecule has 23 heavy (non-hydrogen) atoms. The molecular weight excluding hydrogens is 294 g/mol. The van der Waals surface area contributed by atoms with Crippen molar-refractivity contribution in [3.63, 3.8) is 0 Å². The van der Waals surface area contributed by atoms with Gasteiger partial charge in [-0.05, 0) is 27.2 Å². The van der Waals surface area contributed by atoms with Crippen LogP contribution < -0.4 is 0 Å². The highest BCUT2D eigenvalue weighted by molar-refractivity contribution is 5.86. The Morgan fingerprint density at radius 3 is 2.65 bits per heavy atom. The van der Waals surface area contributed by atoms with E-state index in [0.29, 0.717) is 13.0 Å². The van der Waals surface area contributed by atoms with E-state index in [0.717, 1.165) is 5.56 Å². The number of ether oxygens (including phenoxy) is 2. The summed E-state index contributed by atoms with van der Waals surface area (Å²) in [5.74, 6) is -0.619. The Kier molecular flexibility index (Phi) is 4.15. The van der Waals surface area contributed by atoms with Gasteiger partial charge in [0.25, 0.3) is 0 Å². The number of hydrogen-bond donors (Lipinski definition) is 0. The summed E-state index contributed by atoms with van der Waals surface area (Å²) in [7, 11) is 0.